The Labute approximate surface area is 71.1 Å². The summed E-state index contributed by atoms with van der Waals surface area (Å²) in [5, 5.41) is 3.92. The molecule has 0 aliphatic rings. The van der Waals surface area contributed by atoms with E-state index in [1.807, 2.05) is 6.92 Å². The molecule has 0 bridgehead atoms. The van der Waals surface area contributed by atoms with Gasteiger partial charge in [-0.25, -0.2) is 4.68 Å². The number of aldehydes is 1. The molecule has 0 amide bonds. The van der Waals surface area contributed by atoms with Crippen molar-refractivity contribution in [1.82, 2.24) is 9.78 Å². The van der Waals surface area contributed by atoms with Crippen molar-refractivity contribution < 1.29 is 9.53 Å². The third kappa shape index (κ3) is 2.47. The molecule has 0 N–H and O–H groups in total. The van der Waals surface area contributed by atoms with Crippen LogP contribution in [-0.2, 0) is 11.5 Å². The van der Waals surface area contributed by atoms with E-state index in [-0.39, 0.29) is 0 Å². The molecule has 4 heteroatoms. The molecule has 4 nitrogen and oxygen atoms in total. The fourth-order valence-corrected chi connectivity index (χ4v) is 0.813. The van der Waals surface area contributed by atoms with Crippen LogP contribution in [0.15, 0.2) is 12.4 Å². The van der Waals surface area contributed by atoms with Crippen LogP contribution in [0.25, 0.3) is 0 Å². The molecule has 0 aliphatic heterocycles. The van der Waals surface area contributed by atoms with E-state index in [0.29, 0.717) is 12.3 Å². The molecule has 0 atom stereocenters. The second-order valence-corrected chi connectivity index (χ2v) is 2.47. The Bertz CT molecular complexity index is 245. The molecule has 1 aromatic heterocycles. The van der Waals surface area contributed by atoms with Crippen LogP contribution in [0.5, 0.6) is 0 Å². The van der Waals surface area contributed by atoms with Crippen LogP contribution in [-0.4, -0.2) is 22.7 Å². The summed E-state index contributed by atoms with van der Waals surface area (Å²) < 4.78 is 6.81. The van der Waals surface area contributed by atoms with E-state index in [9.17, 15) is 4.79 Å². The van der Waals surface area contributed by atoms with Gasteiger partial charge in [0.25, 0.3) is 0 Å². The lowest BCUT2D eigenvalue weighted by Crippen LogP contribution is -2.03. The van der Waals surface area contributed by atoms with Crippen LogP contribution < -0.4 is 0 Å². The minimum atomic E-state index is 0.418. The maximum absolute atomic E-state index is 10.3. The topological polar surface area (TPSA) is 44.1 Å². The molecule has 1 heterocycles. The largest absolute Gasteiger partial charge is 0.359 e. The first-order chi connectivity index (χ1) is 5.86. The van der Waals surface area contributed by atoms with Crippen molar-refractivity contribution in [2.45, 2.75) is 20.1 Å². The molecular formula is C8H12N2O2. The van der Waals surface area contributed by atoms with Crippen molar-refractivity contribution in [3.05, 3.63) is 18.0 Å². The monoisotopic (exact) mass is 168 g/mol. The minimum Gasteiger partial charge on any atom is -0.359 e. The van der Waals surface area contributed by atoms with Gasteiger partial charge in [0.05, 0.1) is 11.8 Å². The van der Waals surface area contributed by atoms with Gasteiger partial charge in [0, 0.05) is 12.8 Å². The molecule has 0 aliphatic carbocycles. The molecule has 1 aromatic rings. The SMILES string of the molecule is CCCOCn1cc(C=O)cn1. The van der Waals surface area contributed by atoms with E-state index in [1.165, 1.54) is 6.20 Å². The Morgan fingerprint density at radius 2 is 2.58 bits per heavy atom. The highest BCUT2D eigenvalue weighted by Gasteiger charge is 1.95. The van der Waals surface area contributed by atoms with Crippen LogP contribution in [0, 0.1) is 0 Å². The number of rotatable bonds is 5. The van der Waals surface area contributed by atoms with Crippen molar-refractivity contribution in [2.75, 3.05) is 6.61 Å². The van der Waals surface area contributed by atoms with E-state index in [0.717, 1.165) is 19.3 Å². The van der Waals surface area contributed by atoms with Gasteiger partial charge in [-0.15, -0.1) is 0 Å². The highest BCUT2D eigenvalue weighted by atomic mass is 16.5. The first kappa shape index (κ1) is 8.93. The lowest BCUT2D eigenvalue weighted by Gasteiger charge is -2.00. The first-order valence-corrected chi connectivity index (χ1v) is 3.92. The summed E-state index contributed by atoms with van der Waals surface area (Å²) in [6.45, 7) is 3.18. The standard InChI is InChI=1S/C8H12N2O2/c1-2-3-12-7-10-5-8(6-11)4-9-10/h4-6H,2-3,7H2,1H3. The molecule has 0 spiro atoms. The summed E-state index contributed by atoms with van der Waals surface area (Å²) in [5.74, 6) is 0. The Hall–Kier alpha value is -1.16. The molecule has 66 valence electrons. The summed E-state index contributed by atoms with van der Waals surface area (Å²) in [4.78, 5) is 10.3. The normalized spacial score (nSPS) is 10.1. The summed E-state index contributed by atoms with van der Waals surface area (Å²) in [6.07, 6.45) is 4.93. The van der Waals surface area contributed by atoms with Gasteiger partial charge < -0.3 is 4.74 Å². The molecule has 0 aromatic carbocycles. The number of hydrogen-bond acceptors (Lipinski definition) is 3. The van der Waals surface area contributed by atoms with Gasteiger partial charge in [-0.3, -0.25) is 4.79 Å². The number of aromatic nitrogens is 2. The van der Waals surface area contributed by atoms with Crippen molar-refractivity contribution in [3.63, 3.8) is 0 Å². The third-order valence-electron chi connectivity index (χ3n) is 1.36. The lowest BCUT2D eigenvalue weighted by molar-refractivity contribution is 0.0693. The summed E-state index contributed by atoms with van der Waals surface area (Å²) in [7, 11) is 0. The molecule has 0 fully saturated rings. The number of nitrogens with zero attached hydrogens (tertiary/aromatic N) is 2. The highest BCUT2D eigenvalue weighted by molar-refractivity contribution is 5.73. The smallest absolute Gasteiger partial charge is 0.153 e. The van der Waals surface area contributed by atoms with Crippen LogP contribution in [0.4, 0.5) is 0 Å². The minimum absolute atomic E-state index is 0.418. The summed E-state index contributed by atoms with van der Waals surface area (Å²) in [6, 6.07) is 0. The fourth-order valence-electron chi connectivity index (χ4n) is 0.813. The predicted molar refractivity (Wildman–Crippen MR) is 43.9 cm³/mol. The van der Waals surface area contributed by atoms with E-state index in [2.05, 4.69) is 5.10 Å². The Balaban J connectivity index is 2.36. The zero-order valence-electron chi connectivity index (χ0n) is 7.06. The van der Waals surface area contributed by atoms with Gasteiger partial charge in [-0.05, 0) is 6.42 Å². The third-order valence-corrected chi connectivity index (χ3v) is 1.36. The quantitative estimate of drug-likeness (QED) is 0.488. The van der Waals surface area contributed by atoms with Gasteiger partial charge in [0.2, 0.25) is 0 Å². The predicted octanol–water partition coefficient (Wildman–Crippen LogP) is 1.08. The van der Waals surface area contributed by atoms with Gasteiger partial charge in [-0.1, -0.05) is 6.92 Å². The molecule has 0 unspecified atom stereocenters. The first-order valence-electron chi connectivity index (χ1n) is 3.92. The van der Waals surface area contributed by atoms with E-state index < -0.39 is 0 Å². The van der Waals surface area contributed by atoms with Crippen LogP contribution in [0.1, 0.15) is 23.7 Å². The maximum atomic E-state index is 10.3. The Morgan fingerprint density at radius 3 is 3.17 bits per heavy atom. The number of carbonyl (C=O) groups is 1. The van der Waals surface area contributed by atoms with E-state index in [1.54, 1.807) is 10.9 Å². The summed E-state index contributed by atoms with van der Waals surface area (Å²) in [5.41, 5.74) is 0.579. The molecular weight excluding hydrogens is 156 g/mol. The molecule has 0 saturated heterocycles. The number of carbonyl (C=O) groups excluding carboxylic acids is 1. The fraction of sp³-hybridized carbons (Fsp3) is 0.500. The number of ether oxygens (including phenoxy) is 1. The molecule has 0 radical (unpaired) electrons. The van der Waals surface area contributed by atoms with Gasteiger partial charge >= 0.3 is 0 Å². The van der Waals surface area contributed by atoms with Crippen LogP contribution in [0.3, 0.4) is 0 Å². The maximum Gasteiger partial charge on any atom is 0.153 e. The molecule has 0 saturated carbocycles. The summed E-state index contributed by atoms with van der Waals surface area (Å²) >= 11 is 0. The Kier molecular flexibility index (Phi) is 3.47. The van der Waals surface area contributed by atoms with E-state index >= 15 is 0 Å². The molecule has 1 rings (SSSR count). The number of hydrogen-bond donors (Lipinski definition) is 0. The molecule has 12 heavy (non-hydrogen) atoms. The zero-order chi connectivity index (χ0) is 8.81. The lowest BCUT2D eigenvalue weighted by atomic mass is 10.4. The second-order valence-electron chi connectivity index (χ2n) is 2.47. The van der Waals surface area contributed by atoms with Gasteiger partial charge in [0.1, 0.15) is 6.73 Å². The Morgan fingerprint density at radius 1 is 1.75 bits per heavy atom. The van der Waals surface area contributed by atoms with Crippen molar-refractivity contribution in [1.29, 1.82) is 0 Å². The second kappa shape index (κ2) is 4.66. The average Bonchev–Trinajstić information content (AvgIpc) is 2.53. The van der Waals surface area contributed by atoms with E-state index in [4.69, 9.17) is 4.74 Å². The average molecular weight is 168 g/mol. The van der Waals surface area contributed by atoms with Gasteiger partial charge in [0.15, 0.2) is 6.29 Å². The van der Waals surface area contributed by atoms with Gasteiger partial charge in [-0.2, -0.15) is 5.10 Å². The van der Waals surface area contributed by atoms with Crippen LogP contribution in [0.2, 0.25) is 0 Å². The van der Waals surface area contributed by atoms with Crippen LogP contribution >= 0.6 is 0 Å². The van der Waals surface area contributed by atoms with Crippen molar-refractivity contribution >= 4 is 6.29 Å². The zero-order valence-corrected chi connectivity index (χ0v) is 7.06. The highest BCUT2D eigenvalue weighted by Crippen LogP contribution is 1.93. The van der Waals surface area contributed by atoms with Crippen molar-refractivity contribution in [2.24, 2.45) is 0 Å². The van der Waals surface area contributed by atoms with Crippen molar-refractivity contribution in [3.8, 4) is 0 Å².